The van der Waals surface area contributed by atoms with E-state index in [1.165, 1.54) is 0 Å². The van der Waals surface area contributed by atoms with Crippen LogP contribution in [0, 0.1) is 5.41 Å². The van der Waals surface area contributed by atoms with E-state index in [1.807, 2.05) is 0 Å². The Morgan fingerprint density at radius 2 is 1.92 bits per heavy atom. The SMILES string of the molecule is CC(C)(C)NS(=O)(=O)Cc1cccc(NC(=O)C2(CN)CCOCC2)c1. The minimum Gasteiger partial charge on any atom is -0.381 e. The second-order valence-electron chi connectivity index (χ2n) is 7.86. The molecule has 4 N–H and O–H groups in total. The van der Waals surface area contributed by atoms with Crippen LogP contribution >= 0.6 is 0 Å². The number of benzene rings is 1. The highest BCUT2D eigenvalue weighted by Gasteiger charge is 2.38. The Hall–Kier alpha value is -1.48. The highest BCUT2D eigenvalue weighted by molar-refractivity contribution is 7.88. The van der Waals surface area contributed by atoms with Gasteiger partial charge in [0.05, 0.1) is 11.2 Å². The van der Waals surface area contributed by atoms with Crippen molar-refractivity contribution in [1.82, 2.24) is 4.72 Å². The van der Waals surface area contributed by atoms with Crippen molar-refractivity contribution in [3.63, 3.8) is 0 Å². The van der Waals surface area contributed by atoms with E-state index in [1.54, 1.807) is 45.0 Å². The summed E-state index contributed by atoms with van der Waals surface area (Å²) in [5.74, 6) is -0.291. The molecule has 0 bridgehead atoms. The molecule has 1 aromatic carbocycles. The van der Waals surface area contributed by atoms with E-state index >= 15 is 0 Å². The zero-order valence-corrected chi connectivity index (χ0v) is 16.5. The molecule has 0 saturated carbocycles. The summed E-state index contributed by atoms with van der Waals surface area (Å²) in [6.45, 7) is 6.67. The van der Waals surface area contributed by atoms with Crippen LogP contribution < -0.4 is 15.8 Å². The molecule has 26 heavy (non-hydrogen) atoms. The van der Waals surface area contributed by atoms with Crippen molar-refractivity contribution < 1.29 is 17.9 Å². The number of hydrogen-bond acceptors (Lipinski definition) is 5. The Morgan fingerprint density at radius 3 is 2.50 bits per heavy atom. The Morgan fingerprint density at radius 1 is 1.27 bits per heavy atom. The molecule has 8 heteroatoms. The first-order valence-electron chi connectivity index (χ1n) is 8.75. The predicted molar refractivity (Wildman–Crippen MR) is 102 cm³/mol. The maximum atomic E-state index is 12.7. The van der Waals surface area contributed by atoms with Gasteiger partial charge in [-0.05, 0) is 51.3 Å². The fourth-order valence-corrected chi connectivity index (χ4v) is 4.63. The van der Waals surface area contributed by atoms with Crippen LogP contribution in [-0.2, 0) is 25.3 Å². The molecular formula is C18H29N3O4S. The van der Waals surface area contributed by atoms with Gasteiger partial charge in [-0.2, -0.15) is 0 Å². The van der Waals surface area contributed by atoms with Gasteiger partial charge in [0, 0.05) is 31.0 Å². The normalized spacial score (nSPS) is 17.7. The Balaban J connectivity index is 2.10. The van der Waals surface area contributed by atoms with Crippen molar-refractivity contribution in [2.24, 2.45) is 11.1 Å². The van der Waals surface area contributed by atoms with Gasteiger partial charge in [-0.25, -0.2) is 13.1 Å². The lowest BCUT2D eigenvalue weighted by atomic mass is 9.79. The summed E-state index contributed by atoms with van der Waals surface area (Å²) in [5, 5.41) is 2.89. The van der Waals surface area contributed by atoms with Crippen molar-refractivity contribution in [3.8, 4) is 0 Å². The van der Waals surface area contributed by atoms with Crippen LogP contribution in [0.4, 0.5) is 5.69 Å². The minimum absolute atomic E-state index is 0.142. The third-order valence-corrected chi connectivity index (χ3v) is 5.96. The number of nitrogens with one attached hydrogen (secondary N) is 2. The largest absolute Gasteiger partial charge is 0.381 e. The molecule has 7 nitrogen and oxygen atoms in total. The van der Waals surface area contributed by atoms with Crippen molar-refractivity contribution >= 4 is 21.6 Å². The van der Waals surface area contributed by atoms with Crippen LogP contribution in [0.5, 0.6) is 0 Å². The molecule has 0 unspecified atom stereocenters. The van der Waals surface area contributed by atoms with Crippen molar-refractivity contribution in [2.75, 3.05) is 25.1 Å². The molecule has 1 aliphatic rings. The Bertz CT molecular complexity index is 735. The summed E-state index contributed by atoms with van der Waals surface area (Å²) in [6.07, 6.45) is 1.16. The molecule has 1 amide bonds. The smallest absolute Gasteiger partial charge is 0.232 e. The fourth-order valence-electron chi connectivity index (χ4n) is 3.01. The number of amides is 1. The molecule has 0 spiro atoms. The van der Waals surface area contributed by atoms with E-state index in [9.17, 15) is 13.2 Å². The summed E-state index contributed by atoms with van der Waals surface area (Å²) >= 11 is 0. The van der Waals surface area contributed by atoms with Gasteiger partial charge in [-0.15, -0.1) is 0 Å². The van der Waals surface area contributed by atoms with Gasteiger partial charge >= 0.3 is 0 Å². The zero-order valence-electron chi connectivity index (χ0n) is 15.7. The van der Waals surface area contributed by atoms with Gasteiger partial charge in [0.15, 0.2) is 0 Å². The van der Waals surface area contributed by atoms with Gasteiger partial charge in [0.1, 0.15) is 0 Å². The fraction of sp³-hybridized carbons (Fsp3) is 0.611. The second-order valence-corrected chi connectivity index (χ2v) is 9.58. The third-order valence-electron chi connectivity index (χ3n) is 4.33. The van der Waals surface area contributed by atoms with Crippen LogP contribution in [0.1, 0.15) is 39.2 Å². The monoisotopic (exact) mass is 383 g/mol. The average Bonchev–Trinajstić information content (AvgIpc) is 2.53. The second kappa shape index (κ2) is 8.04. The minimum atomic E-state index is -3.47. The molecule has 2 rings (SSSR count). The summed E-state index contributed by atoms with van der Waals surface area (Å²) < 4.78 is 32.5. The first kappa shape index (κ1) is 20.8. The molecule has 1 saturated heterocycles. The van der Waals surface area contributed by atoms with Crippen molar-refractivity contribution in [2.45, 2.75) is 44.9 Å². The highest BCUT2D eigenvalue weighted by atomic mass is 32.2. The van der Waals surface area contributed by atoms with Crippen LogP contribution in [0.3, 0.4) is 0 Å². The van der Waals surface area contributed by atoms with E-state index < -0.39 is 21.0 Å². The number of carbonyl (C=O) groups is 1. The lowest BCUT2D eigenvalue weighted by Gasteiger charge is -2.34. The lowest BCUT2D eigenvalue weighted by molar-refractivity contribution is -0.130. The standard InChI is InChI=1S/C18H29N3O4S/c1-17(2,3)21-26(23,24)12-14-5-4-6-15(11-14)20-16(22)18(13-19)7-9-25-10-8-18/h4-6,11,21H,7-10,12-13,19H2,1-3H3,(H,20,22). The van der Waals surface area contributed by atoms with Crippen molar-refractivity contribution in [3.05, 3.63) is 29.8 Å². The maximum Gasteiger partial charge on any atom is 0.232 e. The van der Waals surface area contributed by atoms with Gasteiger partial charge < -0.3 is 15.8 Å². The molecule has 1 heterocycles. The number of rotatable bonds is 6. The summed E-state index contributed by atoms with van der Waals surface area (Å²) in [7, 11) is -3.47. The molecule has 146 valence electrons. The molecule has 1 aliphatic heterocycles. The van der Waals surface area contributed by atoms with Crippen molar-refractivity contribution in [1.29, 1.82) is 0 Å². The van der Waals surface area contributed by atoms with E-state index in [0.717, 1.165) is 0 Å². The number of hydrogen-bond donors (Lipinski definition) is 3. The molecule has 1 fully saturated rings. The van der Waals surface area contributed by atoms with Gasteiger partial charge in [0.25, 0.3) is 0 Å². The lowest BCUT2D eigenvalue weighted by Crippen LogP contribution is -2.46. The number of anilines is 1. The molecular weight excluding hydrogens is 354 g/mol. The van der Waals surface area contributed by atoms with E-state index in [2.05, 4.69) is 10.0 Å². The highest BCUT2D eigenvalue weighted by Crippen LogP contribution is 2.31. The quantitative estimate of drug-likeness (QED) is 0.691. The number of nitrogens with two attached hydrogens (primary N) is 1. The van der Waals surface area contributed by atoms with Crippen LogP contribution in [0.25, 0.3) is 0 Å². The third kappa shape index (κ3) is 5.77. The summed E-state index contributed by atoms with van der Waals surface area (Å²) in [4.78, 5) is 12.7. The Labute approximate surface area is 155 Å². The van der Waals surface area contributed by atoms with Gasteiger partial charge in [-0.3, -0.25) is 4.79 Å². The van der Waals surface area contributed by atoms with Crippen LogP contribution in [0.15, 0.2) is 24.3 Å². The van der Waals surface area contributed by atoms with Crippen LogP contribution in [0.2, 0.25) is 0 Å². The number of sulfonamides is 1. The first-order valence-corrected chi connectivity index (χ1v) is 10.4. The van der Waals surface area contributed by atoms with Gasteiger partial charge in [-0.1, -0.05) is 12.1 Å². The molecule has 1 aromatic rings. The van der Waals surface area contributed by atoms with E-state index in [-0.39, 0.29) is 18.2 Å². The average molecular weight is 384 g/mol. The topological polar surface area (TPSA) is 111 Å². The summed E-state index contributed by atoms with van der Waals surface area (Å²) in [6, 6.07) is 6.89. The molecule has 0 aliphatic carbocycles. The van der Waals surface area contributed by atoms with E-state index in [4.69, 9.17) is 10.5 Å². The first-order chi connectivity index (χ1) is 12.1. The van der Waals surface area contributed by atoms with Crippen LogP contribution in [-0.4, -0.2) is 39.6 Å². The predicted octanol–water partition coefficient (Wildman–Crippen LogP) is 1.60. The number of carbonyl (C=O) groups excluding carboxylic acids is 1. The molecule has 0 atom stereocenters. The van der Waals surface area contributed by atoms with E-state index in [0.29, 0.717) is 37.3 Å². The van der Waals surface area contributed by atoms with Gasteiger partial charge in [0.2, 0.25) is 15.9 Å². The maximum absolute atomic E-state index is 12.7. The Kier molecular flexibility index (Phi) is 6.44. The zero-order chi connectivity index (χ0) is 19.4. The number of ether oxygens (including phenoxy) is 1. The molecule has 0 aromatic heterocycles. The summed E-state index contributed by atoms with van der Waals surface area (Å²) in [5.41, 5.74) is 5.86. The molecule has 0 radical (unpaired) electrons.